The molecule has 7 aromatic carbocycles. The van der Waals surface area contributed by atoms with Crippen LogP contribution in [0.25, 0.3) is 52.5 Å². The van der Waals surface area contributed by atoms with Crippen LogP contribution >= 0.6 is 22.7 Å². The van der Waals surface area contributed by atoms with Crippen molar-refractivity contribution >= 4 is 98.5 Å². The van der Waals surface area contributed by atoms with Crippen molar-refractivity contribution < 1.29 is 0 Å². The molecule has 0 saturated heterocycles. The van der Waals surface area contributed by atoms with Crippen molar-refractivity contribution in [2.75, 3.05) is 9.71 Å². The predicted molar refractivity (Wildman–Crippen MR) is 282 cm³/mol. The first kappa shape index (κ1) is 39.9. The van der Waals surface area contributed by atoms with E-state index in [0.717, 1.165) is 0 Å². The number of thiophene rings is 2. The van der Waals surface area contributed by atoms with Crippen molar-refractivity contribution in [1.82, 2.24) is 0 Å². The second-order valence-corrected chi connectivity index (χ2v) is 24.4. The lowest BCUT2D eigenvalue weighted by Crippen LogP contribution is -2.61. The molecule has 0 spiro atoms. The Bertz CT molecular complexity index is 3420. The molecule has 2 nitrogen and oxygen atoms in total. The molecule has 64 heavy (non-hydrogen) atoms. The minimum absolute atomic E-state index is 0.00689. The maximum Gasteiger partial charge on any atom is 0.343 e. The third-order valence-corrected chi connectivity index (χ3v) is 17.0. The highest BCUT2D eigenvalue weighted by Crippen LogP contribution is 2.59. The summed E-state index contributed by atoms with van der Waals surface area (Å²) in [5.41, 5.74) is 19.8. The molecule has 2 aliphatic heterocycles. The number of nitrogens with zero attached hydrogens (tertiary/aromatic N) is 2. The summed E-state index contributed by atoms with van der Waals surface area (Å²) >= 11 is 3.91. The van der Waals surface area contributed by atoms with Crippen LogP contribution in [0.5, 0.6) is 0 Å². The summed E-state index contributed by atoms with van der Waals surface area (Å²) in [4.78, 5) is 5.46. The average molecular weight is 867 g/mol. The van der Waals surface area contributed by atoms with Crippen LogP contribution in [0.15, 0.2) is 133 Å². The molecule has 316 valence electrons. The highest BCUT2D eigenvalue weighted by molar-refractivity contribution is 7.32. The van der Waals surface area contributed by atoms with Crippen molar-refractivity contribution in [2.45, 2.75) is 97.8 Å². The van der Waals surface area contributed by atoms with Gasteiger partial charge in [-0.3, -0.25) is 0 Å². The molecule has 12 rings (SSSR count). The summed E-state index contributed by atoms with van der Waals surface area (Å²) in [5.74, 6) is 0. The summed E-state index contributed by atoms with van der Waals surface area (Å²) in [6.45, 7) is 25.8. The van der Waals surface area contributed by atoms with Gasteiger partial charge in [0.05, 0.1) is 5.69 Å². The molecule has 0 radical (unpaired) electrons. The Labute approximate surface area is 387 Å². The molecule has 2 aromatic heterocycles. The number of hydrogen-bond donors (Lipinski definition) is 0. The zero-order chi connectivity index (χ0) is 44.4. The largest absolute Gasteiger partial charge is 0.376 e. The Morgan fingerprint density at radius 1 is 0.469 bits per heavy atom. The zero-order valence-corrected chi connectivity index (χ0v) is 40.6. The monoisotopic (exact) mass is 866 g/mol. The molecular weight excluding hydrogens is 812 g/mol. The lowest BCUT2D eigenvalue weighted by atomic mass is 9.46. The van der Waals surface area contributed by atoms with Crippen molar-refractivity contribution in [3.05, 3.63) is 161 Å². The van der Waals surface area contributed by atoms with Gasteiger partial charge in [0.2, 0.25) is 0 Å². The molecule has 9 aromatic rings. The molecule has 0 fully saturated rings. The fourth-order valence-corrected chi connectivity index (χ4v) is 13.6. The van der Waals surface area contributed by atoms with E-state index in [1.165, 1.54) is 119 Å². The summed E-state index contributed by atoms with van der Waals surface area (Å²) in [6.07, 6.45) is 0. The smallest absolute Gasteiger partial charge is 0.343 e. The van der Waals surface area contributed by atoms with Crippen LogP contribution < -0.4 is 20.0 Å². The topological polar surface area (TPSA) is 6.48 Å². The average Bonchev–Trinajstić information content (AvgIpc) is 3.89. The van der Waals surface area contributed by atoms with Crippen LogP contribution in [0.2, 0.25) is 0 Å². The molecule has 0 saturated carbocycles. The number of benzene rings is 7. The number of fused-ring (bicyclic) bond motifs is 13. The van der Waals surface area contributed by atoms with Gasteiger partial charge in [-0.1, -0.05) is 149 Å². The maximum absolute atomic E-state index is 2.73. The van der Waals surface area contributed by atoms with Gasteiger partial charge >= 0.3 is 6.85 Å². The van der Waals surface area contributed by atoms with Gasteiger partial charge in [0.15, 0.2) is 0 Å². The Morgan fingerprint density at radius 3 is 1.77 bits per heavy atom. The van der Waals surface area contributed by atoms with Crippen LogP contribution in [0, 0.1) is 0 Å². The number of anilines is 5. The highest BCUT2D eigenvalue weighted by Gasteiger charge is 2.51. The minimum atomic E-state index is -0.253. The standard InChI is InChI=1S/C59H55BN2S2/c1-56(2,3)34-20-25-37(26-21-34)61-53-45-30-36(58(7,8)9)24-29-49(45)64-55(53)60-52-44(32-43-39-16-12-14-18-46(39)59(10,11)51(43)54(52)61)41-31-42-40-17-13-15-19-48(40)63-50(42)33-47(41)62(60)38-27-22-35(23-28-38)57(4,5)6/h12-33H,1-11H3. The summed E-state index contributed by atoms with van der Waals surface area (Å²) in [6, 6.07) is 52.3. The Hall–Kier alpha value is -5.62. The van der Waals surface area contributed by atoms with Crippen LogP contribution in [0.1, 0.15) is 104 Å². The van der Waals surface area contributed by atoms with Crippen LogP contribution in [0.4, 0.5) is 28.4 Å². The third kappa shape index (κ3) is 5.62. The molecule has 0 N–H and O–H groups in total. The highest BCUT2D eigenvalue weighted by atomic mass is 32.1. The second-order valence-electron chi connectivity index (χ2n) is 22.2. The molecule has 0 atom stereocenters. The molecule has 3 aliphatic rings. The van der Waals surface area contributed by atoms with E-state index in [4.69, 9.17) is 0 Å². The Balaban J connectivity index is 1.27. The normalized spacial score (nSPS) is 15.1. The van der Waals surface area contributed by atoms with Crippen molar-refractivity contribution in [3.8, 4) is 22.3 Å². The first-order valence-electron chi connectivity index (χ1n) is 23.0. The second kappa shape index (κ2) is 13.2. The van der Waals surface area contributed by atoms with Crippen LogP contribution in [0.3, 0.4) is 0 Å². The third-order valence-electron chi connectivity index (χ3n) is 14.7. The molecule has 1 aliphatic carbocycles. The van der Waals surface area contributed by atoms with Crippen molar-refractivity contribution in [1.29, 1.82) is 0 Å². The number of rotatable bonds is 2. The lowest BCUT2D eigenvalue weighted by Gasteiger charge is -2.46. The fraction of sp³-hybridized carbons (Fsp3) is 0.254. The number of hydrogen-bond acceptors (Lipinski definition) is 4. The van der Waals surface area contributed by atoms with Gasteiger partial charge in [-0.15, -0.1) is 22.7 Å². The van der Waals surface area contributed by atoms with Crippen molar-refractivity contribution in [2.24, 2.45) is 0 Å². The quantitative estimate of drug-likeness (QED) is 0.160. The van der Waals surface area contributed by atoms with E-state index in [2.05, 4.69) is 219 Å². The summed E-state index contributed by atoms with van der Waals surface area (Å²) < 4.78 is 5.38. The Kier molecular flexibility index (Phi) is 8.26. The molecule has 0 amide bonds. The van der Waals surface area contributed by atoms with E-state index >= 15 is 0 Å². The van der Waals surface area contributed by atoms with E-state index in [9.17, 15) is 0 Å². The van der Waals surface area contributed by atoms with E-state index < -0.39 is 0 Å². The van der Waals surface area contributed by atoms with Crippen molar-refractivity contribution in [3.63, 3.8) is 0 Å². The van der Waals surface area contributed by atoms with Gasteiger partial charge < -0.3 is 9.71 Å². The van der Waals surface area contributed by atoms with Crippen LogP contribution in [-0.4, -0.2) is 6.85 Å². The van der Waals surface area contributed by atoms with Gasteiger partial charge in [0, 0.05) is 68.8 Å². The molecule has 0 bridgehead atoms. The van der Waals surface area contributed by atoms with E-state index in [-0.39, 0.29) is 28.5 Å². The van der Waals surface area contributed by atoms with Crippen LogP contribution in [-0.2, 0) is 21.7 Å². The summed E-state index contributed by atoms with van der Waals surface area (Å²) in [7, 11) is 0. The van der Waals surface area contributed by atoms with E-state index in [1.54, 1.807) is 0 Å². The predicted octanol–water partition coefficient (Wildman–Crippen LogP) is 16.2. The van der Waals surface area contributed by atoms with Gasteiger partial charge in [-0.2, -0.15) is 0 Å². The summed E-state index contributed by atoms with van der Waals surface area (Å²) in [5, 5.41) is 4.00. The van der Waals surface area contributed by atoms with Gasteiger partial charge in [0.25, 0.3) is 0 Å². The van der Waals surface area contributed by atoms with E-state index in [0.29, 0.717) is 0 Å². The fourth-order valence-electron chi connectivity index (χ4n) is 11.2. The van der Waals surface area contributed by atoms with E-state index in [1.807, 2.05) is 22.7 Å². The van der Waals surface area contributed by atoms with Gasteiger partial charge in [-0.05, 0) is 127 Å². The first-order chi connectivity index (χ1) is 30.4. The molecule has 0 unspecified atom stereocenters. The molecular formula is C59H55BN2S2. The Morgan fingerprint density at radius 2 is 1.08 bits per heavy atom. The maximum atomic E-state index is 2.73. The lowest BCUT2D eigenvalue weighted by molar-refractivity contribution is 0.590. The zero-order valence-electron chi connectivity index (χ0n) is 39.0. The minimum Gasteiger partial charge on any atom is -0.376 e. The molecule has 4 heterocycles. The van der Waals surface area contributed by atoms with Gasteiger partial charge in [0.1, 0.15) is 0 Å². The molecule has 5 heteroatoms. The first-order valence-corrected chi connectivity index (χ1v) is 24.7. The van der Waals surface area contributed by atoms with Gasteiger partial charge in [-0.25, -0.2) is 0 Å². The SMILES string of the molecule is CC(C)(C)c1ccc(N2B3c4sc5ccc(C(C)(C)C)cc5c4N(c4ccc(C(C)(C)C)cc4)c4c3c(cc3c4C(C)(C)c4ccccc4-3)-c3cc4c(cc32)sc2ccccc24)cc1.